The molecule has 3 atom stereocenters. The van der Waals surface area contributed by atoms with E-state index in [9.17, 15) is 14.7 Å². The summed E-state index contributed by atoms with van der Waals surface area (Å²) in [6.07, 6.45) is 3.43. The van der Waals surface area contributed by atoms with E-state index in [-0.39, 0.29) is 43.1 Å². The van der Waals surface area contributed by atoms with Crippen LogP contribution in [0.2, 0.25) is 0 Å². The van der Waals surface area contributed by atoms with Crippen LogP contribution in [0.1, 0.15) is 22.6 Å². The van der Waals surface area contributed by atoms with Crippen LogP contribution in [0.25, 0.3) is 0 Å². The topological polar surface area (TPSA) is 85.8 Å². The maximum Gasteiger partial charge on any atom is 0.322 e. The number of amides is 3. The van der Waals surface area contributed by atoms with Crippen molar-refractivity contribution in [2.75, 3.05) is 25.0 Å². The summed E-state index contributed by atoms with van der Waals surface area (Å²) in [6.45, 7) is 0.293. The number of piperazine rings is 1. The van der Waals surface area contributed by atoms with E-state index in [0.717, 1.165) is 16.7 Å². The van der Waals surface area contributed by atoms with Crippen LogP contribution < -0.4 is 5.32 Å². The second-order valence-electron chi connectivity index (χ2n) is 8.43. The van der Waals surface area contributed by atoms with E-state index >= 15 is 0 Å². The standard InChI is InChI=1S/C27H24N4O3/c32-18-24-26(21-12-10-19(11-13-21)8-9-20-5-4-14-28-15-20)23-16-30(17-25(33)31(23)24)27(34)29-22-6-2-1-3-7-22/h1-7,10-15,23-24,26,32H,16-18H2,(H,29,34)/t23-,24-,26+/m1/s1. The number of para-hydroxylation sites is 1. The molecule has 0 spiro atoms. The zero-order valence-corrected chi connectivity index (χ0v) is 18.5. The van der Waals surface area contributed by atoms with Crippen LogP contribution in [0.5, 0.6) is 0 Å². The molecule has 7 heteroatoms. The third kappa shape index (κ3) is 4.24. The highest BCUT2D eigenvalue weighted by atomic mass is 16.3. The molecular formula is C27H24N4O3. The molecule has 170 valence electrons. The van der Waals surface area contributed by atoms with Gasteiger partial charge in [-0.3, -0.25) is 9.78 Å². The van der Waals surface area contributed by atoms with Crippen LogP contribution in [0.4, 0.5) is 10.5 Å². The first-order valence-corrected chi connectivity index (χ1v) is 11.2. The number of fused-ring (bicyclic) bond motifs is 1. The lowest BCUT2D eigenvalue weighted by atomic mass is 9.73. The zero-order chi connectivity index (χ0) is 23.5. The summed E-state index contributed by atoms with van der Waals surface area (Å²) >= 11 is 0. The average molecular weight is 453 g/mol. The summed E-state index contributed by atoms with van der Waals surface area (Å²) in [5.74, 6) is 6.02. The number of anilines is 1. The molecule has 0 saturated carbocycles. The number of hydrogen-bond donors (Lipinski definition) is 2. The van der Waals surface area contributed by atoms with Gasteiger partial charge in [0.2, 0.25) is 5.91 Å². The summed E-state index contributed by atoms with van der Waals surface area (Å²) in [6, 6.07) is 20.0. The van der Waals surface area contributed by atoms with Gasteiger partial charge in [-0.15, -0.1) is 0 Å². The minimum absolute atomic E-state index is 0.00125. The highest BCUT2D eigenvalue weighted by Crippen LogP contribution is 2.43. The molecule has 0 radical (unpaired) electrons. The number of carbonyl (C=O) groups excluding carboxylic acids is 2. The quantitative estimate of drug-likeness (QED) is 0.599. The summed E-state index contributed by atoms with van der Waals surface area (Å²) in [5, 5.41) is 12.8. The van der Waals surface area contributed by atoms with Crippen LogP contribution in [0.15, 0.2) is 79.1 Å². The average Bonchev–Trinajstić information content (AvgIpc) is 2.86. The number of nitrogens with zero attached hydrogens (tertiary/aromatic N) is 3. The Morgan fingerprint density at radius 3 is 2.50 bits per heavy atom. The molecule has 3 amide bonds. The van der Waals surface area contributed by atoms with Crippen LogP contribution in [0.3, 0.4) is 0 Å². The van der Waals surface area contributed by atoms with E-state index in [0.29, 0.717) is 12.2 Å². The first-order chi connectivity index (χ1) is 16.6. The molecule has 2 saturated heterocycles. The first-order valence-electron chi connectivity index (χ1n) is 11.2. The van der Waals surface area contributed by atoms with Gasteiger partial charge < -0.3 is 20.2 Å². The SMILES string of the molecule is O=C(Nc1ccccc1)N1CC(=O)N2[C@H](CO)[C@@H](c3ccc(C#Cc4cccnc4)cc3)[C@H]2C1. The summed E-state index contributed by atoms with van der Waals surface area (Å²) in [4.78, 5) is 32.9. The Hall–Kier alpha value is -4.15. The predicted molar refractivity (Wildman–Crippen MR) is 128 cm³/mol. The summed E-state index contributed by atoms with van der Waals surface area (Å²) in [7, 11) is 0. The van der Waals surface area contributed by atoms with E-state index in [1.807, 2.05) is 66.7 Å². The Morgan fingerprint density at radius 2 is 1.79 bits per heavy atom. The molecule has 2 N–H and O–H groups in total. The number of aliphatic hydroxyl groups is 1. The van der Waals surface area contributed by atoms with Crippen molar-refractivity contribution < 1.29 is 14.7 Å². The Morgan fingerprint density at radius 1 is 1.03 bits per heavy atom. The van der Waals surface area contributed by atoms with E-state index in [2.05, 4.69) is 22.1 Å². The van der Waals surface area contributed by atoms with Crippen molar-refractivity contribution in [1.82, 2.24) is 14.8 Å². The smallest absolute Gasteiger partial charge is 0.322 e. The van der Waals surface area contributed by atoms with E-state index in [1.54, 1.807) is 22.2 Å². The van der Waals surface area contributed by atoms with Gasteiger partial charge in [-0.05, 0) is 42.0 Å². The number of urea groups is 1. The summed E-state index contributed by atoms with van der Waals surface area (Å²) < 4.78 is 0. The molecule has 2 fully saturated rings. The van der Waals surface area contributed by atoms with E-state index in [1.165, 1.54) is 0 Å². The van der Waals surface area contributed by atoms with Gasteiger partial charge in [-0.2, -0.15) is 0 Å². The Balaban J connectivity index is 1.31. The van der Waals surface area contributed by atoms with Gasteiger partial charge in [0.15, 0.2) is 0 Å². The molecule has 5 rings (SSSR count). The molecule has 1 aromatic heterocycles. The minimum atomic E-state index is -0.300. The molecule has 0 bridgehead atoms. The predicted octanol–water partition coefficient (Wildman–Crippen LogP) is 2.68. The molecule has 3 aromatic rings. The maximum atomic E-state index is 12.8. The van der Waals surface area contributed by atoms with Gasteiger partial charge >= 0.3 is 6.03 Å². The van der Waals surface area contributed by atoms with Crippen molar-refractivity contribution >= 4 is 17.6 Å². The molecule has 34 heavy (non-hydrogen) atoms. The molecule has 3 heterocycles. The maximum absolute atomic E-state index is 12.8. The normalized spacial score (nSPS) is 21.1. The van der Waals surface area contributed by atoms with Crippen molar-refractivity contribution in [3.05, 3.63) is 95.8 Å². The number of rotatable bonds is 3. The number of nitrogens with one attached hydrogen (secondary N) is 1. The first kappa shape index (κ1) is 21.7. The van der Waals surface area contributed by atoms with Gasteiger partial charge in [0, 0.05) is 41.7 Å². The second-order valence-corrected chi connectivity index (χ2v) is 8.43. The highest BCUT2D eigenvalue weighted by molar-refractivity contribution is 5.93. The fraction of sp³-hybridized carbons (Fsp3) is 0.222. The lowest BCUT2D eigenvalue weighted by molar-refractivity contribution is -0.159. The summed E-state index contributed by atoms with van der Waals surface area (Å²) in [5.41, 5.74) is 3.41. The Labute approximate surface area is 198 Å². The van der Waals surface area contributed by atoms with Gasteiger partial charge in [-0.1, -0.05) is 42.2 Å². The molecule has 0 unspecified atom stereocenters. The zero-order valence-electron chi connectivity index (χ0n) is 18.5. The third-order valence-corrected chi connectivity index (χ3v) is 6.37. The van der Waals surface area contributed by atoms with Crippen LogP contribution >= 0.6 is 0 Å². The lowest BCUT2D eigenvalue weighted by Crippen LogP contribution is -2.73. The fourth-order valence-electron chi connectivity index (χ4n) is 4.75. The van der Waals surface area contributed by atoms with Gasteiger partial charge in [0.25, 0.3) is 0 Å². The van der Waals surface area contributed by atoms with Crippen LogP contribution in [-0.2, 0) is 4.79 Å². The second kappa shape index (κ2) is 9.38. The molecule has 7 nitrogen and oxygen atoms in total. The number of hydrogen-bond acceptors (Lipinski definition) is 4. The largest absolute Gasteiger partial charge is 0.394 e. The molecule has 2 aliphatic heterocycles. The number of carbonyl (C=O) groups is 2. The highest BCUT2D eigenvalue weighted by Gasteiger charge is 2.54. The van der Waals surface area contributed by atoms with Crippen molar-refractivity contribution in [2.45, 2.75) is 18.0 Å². The number of aromatic nitrogens is 1. The molecule has 2 aliphatic rings. The monoisotopic (exact) mass is 452 g/mol. The van der Waals surface area contributed by atoms with Crippen molar-refractivity contribution in [3.8, 4) is 11.8 Å². The van der Waals surface area contributed by atoms with Crippen molar-refractivity contribution in [2.24, 2.45) is 0 Å². The minimum Gasteiger partial charge on any atom is -0.394 e. The number of pyridine rings is 1. The van der Waals surface area contributed by atoms with Gasteiger partial charge in [-0.25, -0.2) is 4.79 Å². The van der Waals surface area contributed by atoms with Crippen LogP contribution in [0, 0.1) is 11.8 Å². The Kier molecular flexibility index (Phi) is 5.98. The van der Waals surface area contributed by atoms with Crippen molar-refractivity contribution in [3.63, 3.8) is 0 Å². The number of aliphatic hydroxyl groups excluding tert-OH is 1. The van der Waals surface area contributed by atoms with E-state index in [4.69, 9.17) is 0 Å². The molecule has 2 aromatic carbocycles. The molecule has 0 aliphatic carbocycles. The lowest BCUT2D eigenvalue weighted by Gasteiger charge is -2.58. The van der Waals surface area contributed by atoms with E-state index < -0.39 is 0 Å². The van der Waals surface area contributed by atoms with Crippen LogP contribution in [-0.4, -0.2) is 63.6 Å². The van der Waals surface area contributed by atoms with Gasteiger partial charge in [0.1, 0.15) is 6.54 Å². The fourth-order valence-corrected chi connectivity index (χ4v) is 4.75. The Bertz CT molecular complexity index is 1240. The van der Waals surface area contributed by atoms with Crippen molar-refractivity contribution in [1.29, 1.82) is 0 Å². The van der Waals surface area contributed by atoms with Gasteiger partial charge in [0.05, 0.1) is 18.7 Å². The third-order valence-electron chi connectivity index (χ3n) is 6.37. The number of benzene rings is 2. The molecular weight excluding hydrogens is 428 g/mol.